The molecule has 0 aliphatic carbocycles. The van der Waals surface area contributed by atoms with E-state index in [9.17, 15) is 0 Å². The fourth-order valence-corrected chi connectivity index (χ4v) is 1.05. The summed E-state index contributed by atoms with van der Waals surface area (Å²) < 4.78 is 0. The molecule has 0 fully saturated rings. The largest absolute Gasteiger partial charge is 0.382 e. The van der Waals surface area contributed by atoms with Gasteiger partial charge < -0.3 is 11.1 Å². The molecule has 3 N–H and O–H groups in total. The van der Waals surface area contributed by atoms with Gasteiger partial charge in [0.25, 0.3) is 0 Å². The summed E-state index contributed by atoms with van der Waals surface area (Å²) >= 11 is 5.92. The summed E-state index contributed by atoms with van der Waals surface area (Å²) in [7, 11) is 0. The van der Waals surface area contributed by atoms with Crippen LogP contribution in [-0.2, 0) is 0 Å². The van der Waals surface area contributed by atoms with Crippen LogP contribution in [0.1, 0.15) is 6.92 Å². The monoisotopic (exact) mass is 199 g/mol. The van der Waals surface area contributed by atoms with Crippen molar-refractivity contribution in [1.82, 2.24) is 4.98 Å². The molecular formula is C9H14ClN3. The zero-order valence-electron chi connectivity index (χ0n) is 7.63. The Morgan fingerprint density at radius 1 is 1.69 bits per heavy atom. The van der Waals surface area contributed by atoms with Crippen LogP contribution in [-0.4, -0.2) is 18.1 Å². The maximum atomic E-state index is 5.92. The van der Waals surface area contributed by atoms with Crippen LogP contribution >= 0.6 is 11.6 Å². The fraction of sp³-hybridized carbons (Fsp3) is 0.444. The molecule has 3 nitrogen and oxygen atoms in total. The fourth-order valence-electron chi connectivity index (χ4n) is 0.875. The van der Waals surface area contributed by atoms with Crippen LogP contribution in [0.2, 0.25) is 5.02 Å². The number of nitrogens with one attached hydrogen (secondary N) is 1. The molecule has 0 aliphatic heterocycles. The van der Waals surface area contributed by atoms with Gasteiger partial charge in [0.05, 0.1) is 16.9 Å². The van der Waals surface area contributed by atoms with Crippen molar-refractivity contribution in [3.8, 4) is 0 Å². The molecule has 4 heteroatoms. The number of nitrogens with zero attached hydrogens (tertiary/aromatic N) is 1. The van der Waals surface area contributed by atoms with E-state index in [1.54, 1.807) is 18.5 Å². The number of nitrogens with two attached hydrogens (primary N) is 1. The highest BCUT2D eigenvalue weighted by molar-refractivity contribution is 6.33. The van der Waals surface area contributed by atoms with Gasteiger partial charge in [-0.05, 0) is 18.5 Å². The van der Waals surface area contributed by atoms with Crippen molar-refractivity contribution in [2.24, 2.45) is 11.7 Å². The number of rotatable bonds is 4. The lowest BCUT2D eigenvalue weighted by Gasteiger charge is -2.11. The second-order valence-corrected chi connectivity index (χ2v) is 3.48. The van der Waals surface area contributed by atoms with Gasteiger partial charge in [0.15, 0.2) is 0 Å². The molecule has 1 aromatic heterocycles. The highest BCUT2D eigenvalue weighted by Crippen LogP contribution is 2.18. The van der Waals surface area contributed by atoms with Gasteiger partial charge in [-0.1, -0.05) is 18.5 Å². The molecule has 0 aliphatic rings. The average molecular weight is 200 g/mol. The summed E-state index contributed by atoms with van der Waals surface area (Å²) in [5.41, 5.74) is 6.35. The van der Waals surface area contributed by atoms with Crippen molar-refractivity contribution in [3.63, 3.8) is 0 Å². The van der Waals surface area contributed by atoms with Crippen LogP contribution in [0.25, 0.3) is 0 Å². The second-order valence-electron chi connectivity index (χ2n) is 3.08. The lowest BCUT2D eigenvalue weighted by atomic mass is 10.2. The first kappa shape index (κ1) is 10.3. The third-order valence-electron chi connectivity index (χ3n) is 1.81. The maximum absolute atomic E-state index is 5.92. The van der Waals surface area contributed by atoms with Gasteiger partial charge >= 0.3 is 0 Å². The third-order valence-corrected chi connectivity index (χ3v) is 2.14. The molecule has 0 aromatic carbocycles. The Bertz CT molecular complexity index is 265. The molecule has 1 atom stereocenters. The number of hydrogen-bond acceptors (Lipinski definition) is 3. The van der Waals surface area contributed by atoms with E-state index < -0.39 is 0 Å². The van der Waals surface area contributed by atoms with Crippen LogP contribution in [0.4, 0.5) is 5.69 Å². The van der Waals surface area contributed by atoms with Crippen molar-refractivity contribution in [2.45, 2.75) is 6.92 Å². The predicted octanol–water partition coefficient (Wildman–Crippen LogP) is 1.74. The number of anilines is 1. The third kappa shape index (κ3) is 3.20. The molecule has 0 amide bonds. The molecule has 1 unspecified atom stereocenters. The summed E-state index contributed by atoms with van der Waals surface area (Å²) in [6.45, 7) is 3.57. The summed E-state index contributed by atoms with van der Waals surface area (Å²) in [5, 5.41) is 3.88. The zero-order chi connectivity index (χ0) is 9.68. The van der Waals surface area contributed by atoms with E-state index in [1.807, 2.05) is 0 Å². The van der Waals surface area contributed by atoms with E-state index in [2.05, 4.69) is 17.2 Å². The molecule has 0 bridgehead atoms. The standard InChI is InChI=1S/C9H14ClN3/c1-7(4-11)5-13-9-6-12-3-2-8(9)10/h2-3,6-7,13H,4-5,11H2,1H3. The van der Waals surface area contributed by atoms with Crippen LogP contribution in [0.5, 0.6) is 0 Å². The van der Waals surface area contributed by atoms with Crippen molar-refractivity contribution in [3.05, 3.63) is 23.5 Å². The molecule has 13 heavy (non-hydrogen) atoms. The van der Waals surface area contributed by atoms with Crippen LogP contribution < -0.4 is 11.1 Å². The highest BCUT2D eigenvalue weighted by atomic mass is 35.5. The molecule has 0 radical (unpaired) electrons. The average Bonchev–Trinajstić information content (AvgIpc) is 2.16. The topological polar surface area (TPSA) is 50.9 Å². The molecule has 1 rings (SSSR count). The van der Waals surface area contributed by atoms with Crippen molar-refractivity contribution in [2.75, 3.05) is 18.4 Å². The van der Waals surface area contributed by atoms with Crippen LogP contribution in [0.3, 0.4) is 0 Å². The number of aromatic nitrogens is 1. The molecular weight excluding hydrogens is 186 g/mol. The lowest BCUT2D eigenvalue weighted by molar-refractivity contribution is 0.628. The molecule has 1 aromatic rings. The zero-order valence-corrected chi connectivity index (χ0v) is 8.38. The smallest absolute Gasteiger partial charge is 0.0716 e. The van der Waals surface area contributed by atoms with Crippen LogP contribution in [0.15, 0.2) is 18.5 Å². The number of halogens is 1. The van der Waals surface area contributed by atoms with E-state index >= 15 is 0 Å². The maximum Gasteiger partial charge on any atom is 0.0716 e. The van der Waals surface area contributed by atoms with Gasteiger partial charge in [-0.2, -0.15) is 0 Å². The molecule has 0 saturated heterocycles. The predicted molar refractivity (Wildman–Crippen MR) is 56.0 cm³/mol. The minimum Gasteiger partial charge on any atom is -0.382 e. The van der Waals surface area contributed by atoms with Gasteiger partial charge in [0.2, 0.25) is 0 Å². The first-order valence-electron chi connectivity index (χ1n) is 4.27. The van der Waals surface area contributed by atoms with Crippen molar-refractivity contribution >= 4 is 17.3 Å². The first-order chi connectivity index (χ1) is 6.24. The van der Waals surface area contributed by atoms with Gasteiger partial charge in [-0.25, -0.2) is 0 Å². The van der Waals surface area contributed by atoms with Crippen LogP contribution in [0, 0.1) is 5.92 Å². The Kier molecular flexibility index (Phi) is 3.99. The first-order valence-corrected chi connectivity index (χ1v) is 4.65. The summed E-state index contributed by atoms with van der Waals surface area (Å²) in [6.07, 6.45) is 3.38. The van der Waals surface area contributed by atoms with Gasteiger partial charge in [0, 0.05) is 12.7 Å². The van der Waals surface area contributed by atoms with E-state index in [0.717, 1.165) is 12.2 Å². The Morgan fingerprint density at radius 2 is 2.46 bits per heavy atom. The molecule has 72 valence electrons. The number of pyridine rings is 1. The summed E-state index contributed by atoms with van der Waals surface area (Å²) in [6, 6.07) is 1.76. The van der Waals surface area contributed by atoms with Gasteiger partial charge in [-0.3, -0.25) is 4.98 Å². The Labute approximate surface area is 83.3 Å². The Hall–Kier alpha value is -0.800. The quantitative estimate of drug-likeness (QED) is 0.777. The van der Waals surface area contributed by atoms with E-state index in [4.69, 9.17) is 17.3 Å². The highest BCUT2D eigenvalue weighted by Gasteiger charge is 2.01. The Balaban J connectivity index is 2.50. The normalized spacial score (nSPS) is 12.5. The summed E-state index contributed by atoms with van der Waals surface area (Å²) in [4.78, 5) is 3.97. The SMILES string of the molecule is CC(CN)CNc1cnccc1Cl. The lowest BCUT2D eigenvalue weighted by Crippen LogP contribution is -2.19. The van der Waals surface area contributed by atoms with E-state index in [-0.39, 0.29) is 0 Å². The van der Waals surface area contributed by atoms with Gasteiger partial charge in [0.1, 0.15) is 0 Å². The van der Waals surface area contributed by atoms with Gasteiger partial charge in [-0.15, -0.1) is 0 Å². The van der Waals surface area contributed by atoms with E-state index in [0.29, 0.717) is 17.5 Å². The molecule has 0 spiro atoms. The second kappa shape index (κ2) is 5.04. The summed E-state index contributed by atoms with van der Waals surface area (Å²) in [5.74, 6) is 0.441. The van der Waals surface area contributed by atoms with Crippen molar-refractivity contribution in [1.29, 1.82) is 0 Å². The van der Waals surface area contributed by atoms with E-state index in [1.165, 1.54) is 0 Å². The number of hydrogen-bond donors (Lipinski definition) is 2. The molecule has 0 saturated carbocycles. The molecule has 1 heterocycles. The minimum atomic E-state index is 0.441. The van der Waals surface area contributed by atoms with Crippen molar-refractivity contribution < 1.29 is 0 Å². The Morgan fingerprint density at radius 3 is 3.08 bits per heavy atom. The minimum absolute atomic E-state index is 0.441.